The minimum Gasteiger partial charge on any atom is -0.374 e. The highest BCUT2D eigenvalue weighted by Gasteiger charge is 2.37. The fourth-order valence-corrected chi connectivity index (χ4v) is 2.37. The van der Waals surface area contributed by atoms with Crippen LogP contribution in [0.4, 0.5) is 13.2 Å². The number of nitrogens with two attached hydrogens (primary N) is 1. The second kappa shape index (κ2) is 6.07. The van der Waals surface area contributed by atoms with E-state index in [9.17, 15) is 13.2 Å². The van der Waals surface area contributed by atoms with Crippen LogP contribution in [0.3, 0.4) is 0 Å². The van der Waals surface area contributed by atoms with E-state index in [1.807, 2.05) is 6.92 Å². The number of halogens is 3. The van der Waals surface area contributed by atoms with Gasteiger partial charge in [-0.1, -0.05) is 6.92 Å². The summed E-state index contributed by atoms with van der Waals surface area (Å²) < 4.78 is 44.5. The predicted octanol–water partition coefficient (Wildman–Crippen LogP) is 1.82. The second-order valence-electron chi connectivity index (χ2n) is 4.79. The van der Waals surface area contributed by atoms with Crippen LogP contribution in [0.1, 0.15) is 24.1 Å². The van der Waals surface area contributed by atoms with Crippen molar-refractivity contribution in [2.45, 2.75) is 25.2 Å². The van der Waals surface area contributed by atoms with Crippen LogP contribution in [0.2, 0.25) is 0 Å². The van der Waals surface area contributed by atoms with E-state index in [-0.39, 0.29) is 5.56 Å². The maximum absolute atomic E-state index is 13.0. The quantitative estimate of drug-likeness (QED) is 0.922. The smallest absolute Gasteiger partial charge is 0.374 e. The maximum atomic E-state index is 13.0. The molecule has 1 fully saturated rings. The lowest BCUT2D eigenvalue weighted by molar-refractivity contribution is -0.139. The van der Waals surface area contributed by atoms with Crippen molar-refractivity contribution >= 4 is 0 Å². The van der Waals surface area contributed by atoms with Crippen molar-refractivity contribution in [1.82, 2.24) is 9.88 Å². The van der Waals surface area contributed by atoms with Gasteiger partial charge in [0.25, 0.3) is 0 Å². The van der Waals surface area contributed by atoms with E-state index in [1.165, 1.54) is 6.20 Å². The topological polar surface area (TPSA) is 51.4 Å². The Morgan fingerprint density at radius 1 is 1.55 bits per heavy atom. The SMILES string of the molecule is CCN1CCOC(C(N)c2cnccc2C(F)(F)F)C1. The fraction of sp³-hybridized carbons (Fsp3) is 0.615. The van der Waals surface area contributed by atoms with Crippen LogP contribution in [0.15, 0.2) is 18.5 Å². The lowest BCUT2D eigenvalue weighted by Gasteiger charge is -2.35. The zero-order valence-electron chi connectivity index (χ0n) is 11.2. The van der Waals surface area contributed by atoms with E-state index in [4.69, 9.17) is 10.5 Å². The molecule has 4 nitrogen and oxygen atoms in total. The summed E-state index contributed by atoms with van der Waals surface area (Å²) in [5, 5.41) is 0. The molecule has 1 saturated heterocycles. The molecule has 1 aromatic rings. The van der Waals surface area contributed by atoms with Gasteiger partial charge in [0, 0.05) is 31.0 Å². The summed E-state index contributed by atoms with van der Waals surface area (Å²) in [5.74, 6) is 0. The van der Waals surface area contributed by atoms with Crippen LogP contribution in [0.5, 0.6) is 0 Å². The average Bonchev–Trinajstić information content (AvgIpc) is 2.45. The van der Waals surface area contributed by atoms with Crippen molar-refractivity contribution in [3.8, 4) is 0 Å². The van der Waals surface area contributed by atoms with Gasteiger partial charge in [-0.15, -0.1) is 0 Å². The van der Waals surface area contributed by atoms with Gasteiger partial charge in [0.2, 0.25) is 0 Å². The highest BCUT2D eigenvalue weighted by Crippen LogP contribution is 2.35. The zero-order chi connectivity index (χ0) is 14.8. The van der Waals surface area contributed by atoms with Crippen molar-refractivity contribution in [2.24, 2.45) is 5.73 Å². The number of hydrogen-bond donors (Lipinski definition) is 1. The molecule has 0 saturated carbocycles. The highest BCUT2D eigenvalue weighted by atomic mass is 19.4. The third-order valence-electron chi connectivity index (χ3n) is 3.54. The molecule has 20 heavy (non-hydrogen) atoms. The molecule has 7 heteroatoms. The number of rotatable bonds is 3. The first-order valence-electron chi connectivity index (χ1n) is 6.54. The van der Waals surface area contributed by atoms with Crippen molar-refractivity contribution < 1.29 is 17.9 Å². The van der Waals surface area contributed by atoms with Crippen LogP contribution in [-0.4, -0.2) is 42.2 Å². The number of ether oxygens (including phenoxy) is 1. The van der Waals surface area contributed by atoms with E-state index in [0.717, 1.165) is 25.4 Å². The standard InChI is InChI=1S/C13H18F3N3O/c1-2-19-5-6-20-11(8-19)12(17)9-7-18-4-3-10(9)13(14,15)16/h3-4,7,11-12H,2,5-6,8,17H2,1H3. The lowest BCUT2D eigenvalue weighted by Crippen LogP contribution is -2.47. The number of morpholine rings is 1. The van der Waals surface area contributed by atoms with Crippen LogP contribution in [0, 0.1) is 0 Å². The van der Waals surface area contributed by atoms with Crippen molar-refractivity contribution in [3.05, 3.63) is 29.6 Å². The fourth-order valence-electron chi connectivity index (χ4n) is 2.37. The molecule has 0 aromatic carbocycles. The molecule has 1 aliphatic rings. The first-order valence-corrected chi connectivity index (χ1v) is 6.54. The molecule has 0 radical (unpaired) electrons. The molecule has 2 rings (SSSR count). The Morgan fingerprint density at radius 2 is 2.30 bits per heavy atom. The monoisotopic (exact) mass is 289 g/mol. The number of alkyl halides is 3. The molecule has 0 bridgehead atoms. The van der Waals surface area contributed by atoms with Crippen LogP contribution in [-0.2, 0) is 10.9 Å². The predicted molar refractivity (Wildman–Crippen MR) is 68.0 cm³/mol. The van der Waals surface area contributed by atoms with Gasteiger partial charge in [0.15, 0.2) is 0 Å². The molecule has 2 N–H and O–H groups in total. The Hall–Kier alpha value is -1.18. The summed E-state index contributed by atoms with van der Waals surface area (Å²) in [6, 6.07) is 0.116. The third-order valence-corrected chi connectivity index (χ3v) is 3.54. The molecule has 0 aliphatic carbocycles. The Balaban J connectivity index is 2.23. The van der Waals surface area contributed by atoms with Crippen LogP contribution in [0.25, 0.3) is 0 Å². The molecular weight excluding hydrogens is 271 g/mol. The number of nitrogens with zero attached hydrogens (tertiary/aromatic N) is 2. The number of pyridine rings is 1. The van der Waals surface area contributed by atoms with Gasteiger partial charge in [-0.25, -0.2) is 0 Å². The summed E-state index contributed by atoms with van der Waals surface area (Å²) in [4.78, 5) is 5.87. The summed E-state index contributed by atoms with van der Waals surface area (Å²) in [6.45, 7) is 4.61. The number of aromatic nitrogens is 1. The maximum Gasteiger partial charge on any atom is 0.416 e. The van der Waals surface area contributed by atoms with Crippen molar-refractivity contribution in [1.29, 1.82) is 0 Å². The van der Waals surface area contributed by atoms with Crippen molar-refractivity contribution in [3.63, 3.8) is 0 Å². The summed E-state index contributed by atoms with van der Waals surface area (Å²) in [7, 11) is 0. The van der Waals surface area contributed by atoms with E-state index >= 15 is 0 Å². The van der Waals surface area contributed by atoms with Gasteiger partial charge in [-0.05, 0) is 12.6 Å². The minimum absolute atomic E-state index is 0.0112. The Kier molecular flexibility index (Phi) is 4.62. The summed E-state index contributed by atoms with van der Waals surface area (Å²) >= 11 is 0. The molecule has 112 valence electrons. The third kappa shape index (κ3) is 3.28. The Bertz CT molecular complexity index is 453. The lowest BCUT2D eigenvalue weighted by atomic mass is 9.97. The zero-order valence-corrected chi connectivity index (χ0v) is 11.2. The molecule has 1 aliphatic heterocycles. The van der Waals surface area contributed by atoms with Gasteiger partial charge in [-0.2, -0.15) is 13.2 Å². The van der Waals surface area contributed by atoms with Gasteiger partial charge in [0.05, 0.1) is 24.3 Å². The normalized spacial score (nSPS) is 22.8. The van der Waals surface area contributed by atoms with Gasteiger partial charge >= 0.3 is 6.18 Å². The van der Waals surface area contributed by atoms with Crippen LogP contribution >= 0.6 is 0 Å². The molecule has 0 spiro atoms. The molecule has 2 atom stereocenters. The largest absolute Gasteiger partial charge is 0.416 e. The summed E-state index contributed by atoms with van der Waals surface area (Å²) in [5.41, 5.74) is 5.24. The van der Waals surface area contributed by atoms with Gasteiger partial charge in [-0.3, -0.25) is 9.88 Å². The molecule has 2 heterocycles. The second-order valence-corrected chi connectivity index (χ2v) is 4.79. The average molecular weight is 289 g/mol. The van der Waals surface area contributed by atoms with Crippen molar-refractivity contribution in [2.75, 3.05) is 26.2 Å². The number of likely N-dealkylation sites (N-methyl/N-ethyl adjacent to an activating group) is 1. The number of hydrogen-bond acceptors (Lipinski definition) is 4. The first kappa shape index (κ1) is 15.2. The Morgan fingerprint density at radius 3 is 2.95 bits per heavy atom. The van der Waals surface area contributed by atoms with E-state index < -0.39 is 23.9 Å². The molecule has 1 aromatic heterocycles. The molecule has 0 amide bonds. The van der Waals surface area contributed by atoms with Gasteiger partial charge in [0.1, 0.15) is 0 Å². The summed E-state index contributed by atoms with van der Waals surface area (Å²) in [6.07, 6.45) is -2.58. The van der Waals surface area contributed by atoms with E-state index in [2.05, 4.69) is 9.88 Å². The highest BCUT2D eigenvalue weighted by molar-refractivity contribution is 5.30. The van der Waals surface area contributed by atoms with Gasteiger partial charge < -0.3 is 10.5 Å². The minimum atomic E-state index is -4.44. The Labute approximate surface area is 115 Å². The molecule has 2 unspecified atom stereocenters. The van der Waals surface area contributed by atoms with E-state index in [0.29, 0.717) is 13.2 Å². The van der Waals surface area contributed by atoms with Crippen LogP contribution < -0.4 is 5.73 Å². The van der Waals surface area contributed by atoms with E-state index in [1.54, 1.807) is 0 Å². The first-order chi connectivity index (χ1) is 9.43. The molecular formula is C13H18F3N3O.